The second-order valence-electron chi connectivity index (χ2n) is 8.34. The number of nitrogens with zero attached hydrogens (tertiary/aromatic N) is 3. The maximum atomic E-state index is 12.6. The first-order valence-corrected chi connectivity index (χ1v) is 10.2. The Morgan fingerprint density at radius 2 is 1.83 bits per heavy atom. The van der Waals surface area contributed by atoms with E-state index in [0.717, 1.165) is 37.3 Å². The Balaban J connectivity index is 1.32. The summed E-state index contributed by atoms with van der Waals surface area (Å²) < 4.78 is 1.89. The zero-order chi connectivity index (χ0) is 20.4. The average Bonchev–Trinajstić information content (AvgIpc) is 2.69. The lowest BCUT2D eigenvalue weighted by molar-refractivity contribution is -0.135. The summed E-state index contributed by atoms with van der Waals surface area (Å²) in [6, 6.07) is 15.2. The van der Waals surface area contributed by atoms with Crippen LogP contribution < -0.4 is 5.56 Å². The van der Waals surface area contributed by atoms with Crippen molar-refractivity contribution < 1.29 is 9.59 Å². The van der Waals surface area contributed by atoms with Gasteiger partial charge in [0.2, 0.25) is 5.91 Å². The quantitative estimate of drug-likeness (QED) is 0.703. The van der Waals surface area contributed by atoms with Gasteiger partial charge in [-0.15, -0.1) is 0 Å². The van der Waals surface area contributed by atoms with E-state index in [-0.39, 0.29) is 29.6 Å². The second kappa shape index (κ2) is 8.33. The molecule has 3 heterocycles. The van der Waals surface area contributed by atoms with Crippen molar-refractivity contribution in [3.8, 4) is 0 Å². The van der Waals surface area contributed by atoms with Crippen molar-refractivity contribution in [2.24, 2.45) is 5.92 Å². The van der Waals surface area contributed by atoms with Crippen LogP contribution in [0, 0.1) is 5.92 Å². The Bertz CT molecular complexity index is 953. The molecule has 1 aromatic carbocycles. The van der Waals surface area contributed by atoms with Crippen molar-refractivity contribution in [1.82, 2.24) is 14.4 Å². The van der Waals surface area contributed by atoms with Gasteiger partial charge in [0.15, 0.2) is 5.78 Å². The van der Waals surface area contributed by atoms with Gasteiger partial charge in [-0.05, 0) is 24.0 Å². The fourth-order valence-electron chi connectivity index (χ4n) is 4.68. The van der Waals surface area contributed by atoms with Crippen molar-refractivity contribution in [3.05, 3.63) is 70.1 Å². The maximum Gasteiger partial charge on any atom is 0.250 e. The summed E-state index contributed by atoms with van der Waals surface area (Å²) in [5.74, 6) is 0.472. The minimum absolute atomic E-state index is 0.0414. The molecule has 0 spiro atoms. The molecule has 1 saturated heterocycles. The van der Waals surface area contributed by atoms with Gasteiger partial charge in [0.05, 0.1) is 13.0 Å². The van der Waals surface area contributed by atoms with Gasteiger partial charge < -0.3 is 9.47 Å². The van der Waals surface area contributed by atoms with Crippen LogP contribution in [0.15, 0.2) is 53.3 Å². The Hall–Kier alpha value is -2.73. The number of rotatable bonds is 6. The number of pyridine rings is 1. The van der Waals surface area contributed by atoms with Crippen LogP contribution in [-0.2, 0) is 22.7 Å². The van der Waals surface area contributed by atoms with Crippen LogP contribution in [0.4, 0.5) is 0 Å². The molecule has 0 radical (unpaired) electrons. The molecule has 152 valence electrons. The van der Waals surface area contributed by atoms with E-state index in [0.29, 0.717) is 19.0 Å². The molecule has 2 bridgehead atoms. The molecule has 2 aliphatic heterocycles. The fraction of sp³-hybridized carbons (Fsp3) is 0.435. The van der Waals surface area contributed by atoms with Gasteiger partial charge in [-0.25, -0.2) is 0 Å². The van der Waals surface area contributed by atoms with E-state index in [2.05, 4.69) is 4.90 Å². The Kier molecular flexibility index (Phi) is 5.62. The number of carbonyl (C=O) groups excluding carboxylic acids is 2. The third kappa shape index (κ3) is 4.48. The standard InChI is InChI=1S/C23H27N3O3/c1-24(12-17-6-3-2-4-7-17)23(29)11-20(27)16-25-13-18-10-19(15-25)21-8-5-9-22(28)26(21)14-18/h2-9,18-19H,10-16H2,1H3. The van der Waals surface area contributed by atoms with Crippen molar-refractivity contribution in [3.63, 3.8) is 0 Å². The number of piperidine rings is 1. The van der Waals surface area contributed by atoms with Crippen LogP contribution in [-0.4, -0.2) is 52.7 Å². The van der Waals surface area contributed by atoms with Crippen molar-refractivity contribution in [2.75, 3.05) is 26.7 Å². The van der Waals surface area contributed by atoms with E-state index in [1.807, 2.05) is 47.0 Å². The Morgan fingerprint density at radius 3 is 2.62 bits per heavy atom. The molecule has 1 amide bonds. The van der Waals surface area contributed by atoms with Crippen LogP contribution in [0.1, 0.15) is 30.0 Å². The molecule has 6 nitrogen and oxygen atoms in total. The lowest BCUT2D eigenvalue weighted by atomic mass is 9.83. The fourth-order valence-corrected chi connectivity index (χ4v) is 4.68. The van der Waals surface area contributed by atoms with E-state index in [9.17, 15) is 14.4 Å². The molecular formula is C23H27N3O3. The smallest absolute Gasteiger partial charge is 0.250 e. The summed E-state index contributed by atoms with van der Waals surface area (Å²) in [5, 5.41) is 0. The van der Waals surface area contributed by atoms with Gasteiger partial charge in [-0.2, -0.15) is 0 Å². The van der Waals surface area contributed by atoms with Crippen LogP contribution in [0.2, 0.25) is 0 Å². The lowest BCUT2D eigenvalue weighted by Gasteiger charge is -2.42. The molecular weight excluding hydrogens is 366 g/mol. The second-order valence-corrected chi connectivity index (χ2v) is 8.34. The normalized spacial score (nSPS) is 20.7. The van der Waals surface area contributed by atoms with Crippen molar-refractivity contribution >= 4 is 11.7 Å². The van der Waals surface area contributed by atoms with E-state index in [1.165, 1.54) is 0 Å². The number of hydrogen-bond acceptors (Lipinski definition) is 4. The number of benzene rings is 1. The summed E-state index contributed by atoms with van der Waals surface area (Å²) in [4.78, 5) is 40.9. The van der Waals surface area contributed by atoms with Crippen molar-refractivity contribution in [2.45, 2.75) is 31.8 Å². The number of aromatic nitrogens is 1. The first-order chi connectivity index (χ1) is 14.0. The molecule has 2 atom stereocenters. The monoisotopic (exact) mass is 393 g/mol. The number of ketones is 1. The predicted molar refractivity (Wildman–Crippen MR) is 111 cm³/mol. The maximum absolute atomic E-state index is 12.6. The van der Waals surface area contributed by atoms with Crippen molar-refractivity contribution in [1.29, 1.82) is 0 Å². The minimum Gasteiger partial charge on any atom is -0.341 e. The third-order valence-electron chi connectivity index (χ3n) is 5.99. The summed E-state index contributed by atoms with van der Waals surface area (Å²) in [7, 11) is 1.74. The molecule has 6 heteroatoms. The number of amides is 1. The van der Waals surface area contributed by atoms with Gasteiger partial charge in [0.1, 0.15) is 0 Å². The first-order valence-electron chi connectivity index (χ1n) is 10.2. The van der Waals surface area contributed by atoms with E-state index < -0.39 is 0 Å². The van der Waals surface area contributed by atoms with Crippen LogP contribution in [0.5, 0.6) is 0 Å². The Morgan fingerprint density at radius 1 is 1.03 bits per heavy atom. The van der Waals surface area contributed by atoms with E-state index in [4.69, 9.17) is 0 Å². The van der Waals surface area contributed by atoms with Gasteiger partial charge in [0, 0.05) is 50.9 Å². The van der Waals surface area contributed by atoms with Gasteiger partial charge >= 0.3 is 0 Å². The molecule has 2 aromatic rings. The van der Waals surface area contributed by atoms with E-state index >= 15 is 0 Å². The van der Waals surface area contributed by atoms with E-state index in [1.54, 1.807) is 18.0 Å². The highest BCUT2D eigenvalue weighted by atomic mass is 16.2. The predicted octanol–water partition coefficient (Wildman–Crippen LogP) is 1.89. The highest BCUT2D eigenvalue weighted by Gasteiger charge is 2.35. The number of hydrogen-bond donors (Lipinski definition) is 0. The largest absolute Gasteiger partial charge is 0.341 e. The highest BCUT2D eigenvalue weighted by molar-refractivity contribution is 5.98. The molecule has 1 fully saturated rings. The molecule has 0 saturated carbocycles. The SMILES string of the molecule is CN(Cc1ccccc1)C(=O)CC(=O)CN1CC2CC(C1)c1cccc(=O)n1C2. The molecule has 29 heavy (non-hydrogen) atoms. The minimum atomic E-state index is -0.145. The molecule has 1 aromatic heterocycles. The number of Topliss-reactive ketones (excluding diaryl/α,β-unsaturated/α-hetero) is 1. The topological polar surface area (TPSA) is 62.6 Å². The highest BCUT2D eigenvalue weighted by Crippen LogP contribution is 2.34. The zero-order valence-corrected chi connectivity index (χ0v) is 16.8. The van der Waals surface area contributed by atoms with Gasteiger partial charge in [-0.1, -0.05) is 36.4 Å². The Labute approximate surface area is 170 Å². The van der Waals surface area contributed by atoms with Crippen LogP contribution in [0.3, 0.4) is 0 Å². The molecule has 0 N–H and O–H groups in total. The number of likely N-dealkylation sites (tertiary alicyclic amines) is 1. The summed E-state index contributed by atoms with van der Waals surface area (Å²) in [6.45, 7) is 3.09. The summed E-state index contributed by atoms with van der Waals surface area (Å²) >= 11 is 0. The average molecular weight is 393 g/mol. The molecule has 0 aliphatic carbocycles. The molecule has 4 rings (SSSR count). The van der Waals surface area contributed by atoms with Gasteiger partial charge in [-0.3, -0.25) is 19.3 Å². The molecule has 2 unspecified atom stereocenters. The van der Waals surface area contributed by atoms with Crippen LogP contribution >= 0.6 is 0 Å². The number of fused-ring (bicyclic) bond motifs is 4. The van der Waals surface area contributed by atoms with Gasteiger partial charge in [0.25, 0.3) is 5.56 Å². The third-order valence-corrected chi connectivity index (χ3v) is 5.99. The molecule has 2 aliphatic rings. The zero-order valence-electron chi connectivity index (χ0n) is 16.8. The summed E-state index contributed by atoms with van der Waals surface area (Å²) in [5.41, 5.74) is 2.19. The lowest BCUT2D eigenvalue weighted by Crippen LogP contribution is -2.48. The number of carbonyl (C=O) groups is 2. The van der Waals surface area contributed by atoms with Crippen LogP contribution in [0.25, 0.3) is 0 Å². The first kappa shape index (κ1) is 19.6. The summed E-state index contributed by atoms with van der Waals surface area (Å²) in [6.07, 6.45) is 0.998.